The SMILES string of the molecule is C#C[C@]1(O)CC[C@@H]2[C@@H]3CCc4cc(OC)cc(C)c4[C@H]3CC[C@@]21C. The molecule has 1 aromatic rings. The number of aryl methyl sites for hydroxylation is 2. The fourth-order valence-corrected chi connectivity index (χ4v) is 6.31. The molecule has 0 aliphatic heterocycles. The van der Waals surface area contributed by atoms with Gasteiger partial charge >= 0.3 is 0 Å². The normalized spacial score (nSPS) is 40.2. The molecule has 0 radical (unpaired) electrons. The summed E-state index contributed by atoms with van der Waals surface area (Å²) in [6, 6.07) is 4.42. The lowest BCUT2D eigenvalue weighted by Crippen LogP contribution is -2.50. The van der Waals surface area contributed by atoms with E-state index in [2.05, 4.69) is 31.9 Å². The molecule has 0 bridgehead atoms. The highest BCUT2D eigenvalue weighted by Crippen LogP contribution is 2.64. The molecule has 2 saturated carbocycles. The van der Waals surface area contributed by atoms with Gasteiger partial charge in [-0.15, -0.1) is 6.42 Å². The highest BCUT2D eigenvalue weighted by Gasteiger charge is 2.61. The third-order valence-corrected chi connectivity index (χ3v) is 7.63. The maximum Gasteiger partial charge on any atom is 0.130 e. The highest BCUT2D eigenvalue weighted by molar-refractivity contribution is 5.46. The van der Waals surface area contributed by atoms with Crippen molar-refractivity contribution < 1.29 is 9.84 Å². The van der Waals surface area contributed by atoms with Gasteiger partial charge in [0, 0.05) is 5.41 Å². The van der Waals surface area contributed by atoms with E-state index in [9.17, 15) is 5.11 Å². The zero-order valence-corrected chi connectivity index (χ0v) is 15.1. The van der Waals surface area contributed by atoms with Crippen molar-refractivity contribution in [2.24, 2.45) is 17.3 Å². The van der Waals surface area contributed by atoms with Gasteiger partial charge in [-0.25, -0.2) is 0 Å². The maximum absolute atomic E-state index is 11.0. The van der Waals surface area contributed by atoms with Crippen molar-refractivity contribution in [1.29, 1.82) is 0 Å². The first-order chi connectivity index (χ1) is 11.4. The Balaban J connectivity index is 1.74. The second-order valence-corrected chi connectivity index (χ2v) is 8.43. The molecule has 128 valence electrons. The smallest absolute Gasteiger partial charge is 0.130 e. The number of hydrogen-bond acceptors (Lipinski definition) is 2. The second kappa shape index (κ2) is 5.27. The van der Waals surface area contributed by atoms with Gasteiger partial charge in [-0.2, -0.15) is 0 Å². The molecule has 0 saturated heterocycles. The van der Waals surface area contributed by atoms with E-state index in [1.54, 1.807) is 12.7 Å². The predicted molar refractivity (Wildman–Crippen MR) is 96.1 cm³/mol. The van der Waals surface area contributed by atoms with Crippen LogP contribution in [0.3, 0.4) is 0 Å². The van der Waals surface area contributed by atoms with Gasteiger partial charge in [0.15, 0.2) is 0 Å². The molecular formula is C22H28O2. The number of ether oxygens (including phenoxy) is 1. The average Bonchev–Trinajstić information content (AvgIpc) is 2.86. The fraction of sp³-hybridized carbons (Fsp3) is 0.636. The van der Waals surface area contributed by atoms with Crippen LogP contribution in [0.4, 0.5) is 0 Å². The number of benzene rings is 1. The van der Waals surface area contributed by atoms with Gasteiger partial charge in [-0.05, 0) is 92.0 Å². The van der Waals surface area contributed by atoms with Crippen molar-refractivity contribution in [2.75, 3.05) is 7.11 Å². The topological polar surface area (TPSA) is 29.5 Å². The molecule has 5 atom stereocenters. The fourth-order valence-electron chi connectivity index (χ4n) is 6.31. The minimum Gasteiger partial charge on any atom is -0.497 e. The average molecular weight is 324 g/mol. The van der Waals surface area contributed by atoms with Crippen molar-refractivity contribution in [1.82, 2.24) is 0 Å². The molecule has 0 spiro atoms. The van der Waals surface area contributed by atoms with E-state index in [4.69, 9.17) is 11.2 Å². The van der Waals surface area contributed by atoms with Crippen LogP contribution < -0.4 is 4.74 Å². The van der Waals surface area contributed by atoms with E-state index in [-0.39, 0.29) is 5.41 Å². The van der Waals surface area contributed by atoms with E-state index < -0.39 is 5.60 Å². The van der Waals surface area contributed by atoms with Crippen molar-refractivity contribution in [3.63, 3.8) is 0 Å². The summed E-state index contributed by atoms with van der Waals surface area (Å²) in [7, 11) is 1.75. The van der Waals surface area contributed by atoms with E-state index >= 15 is 0 Å². The zero-order chi connectivity index (χ0) is 17.1. The zero-order valence-electron chi connectivity index (χ0n) is 15.1. The molecular weight excluding hydrogens is 296 g/mol. The maximum atomic E-state index is 11.0. The van der Waals surface area contributed by atoms with Crippen LogP contribution in [0, 0.1) is 36.5 Å². The van der Waals surface area contributed by atoms with Gasteiger partial charge in [0.05, 0.1) is 7.11 Å². The van der Waals surface area contributed by atoms with Crippen LogP contribution in [0.2, 0.25) is 0 Å². The molecule has 0 unspecified atom stereocenters. The molecule has 2 fully saturated rings. The molecule has 1 N–H and O–H groups in total. The van der Waals surface area contributed by atoms with Crippen molar-refractivity contribution in [3.05, 3.63) is 28.8 Å². The van der Waals surface area contributed by atoms with Crippen LogP contribution >= 0.6 is 0 Å². The van der Waals surface area contributed by atoms with Gasteiger partial charge in [-0.1, -0.05) is 12.8 Å². The third kappa shape index (κ3) is 1.94. The van der Waals surface area contributed by atoms with Crippen LogP contribution in [0.1, 0.15) is 61.6 Å². The molecule has 3 aliphatic rings. The first-order valence-corrected chi connectivity index (χ1v) is 9.31. The molecule has 1 aromatic carbocycles. The minimum atomic E-state index is -0.905. The van der Waals surface area contributed by atoms with Gasteiger partial charge in [0.1, 0.15) is 11.4 Å². The summed E-state index contributed by atoms with van der Waals surface area (Å²) < 4.78 is 5.47. The number of methoxy groups -OCH3 is 1. The van der Waals surface area contributed by atoms with Crippen LogP contribution in [-0.2, 0) is 6.42 Å². The lowest BCUT2D eigenvalue weighted by molar-refractivity contribution is -0.0647. The summed E-state index contributed by atoms with van der Waals surface area (Å²) in [5.74, 6) is 5.57. The summed E-state index contributed by atoms with van der Waals surface area (Å²) in [5.41, 5.74) is 3.39. The number of hydrogen-bond donors (Lipinski definition) is 1. The van der Waals surface area contributed by atoms with E-state index in [1.807, 2.05) is 0 Å². The number of terminal acetylenes is 1. The van der Waals surface area contributed by atoms with Crippen LogP contribution in [0.15, 0.2) is 12.1 Å². The Morgan fingerprint density at radius 1 is 1.25 bits per heavy atom. The molecule has 4 rings (SSSR count). The van der Waals surface area contributed by atoms with Crippen molar-refractivity contribution in [3.8, 4) is 18.1 Å². The Morgan fingerprint density at radius 2 is 2.04 bits per heavy atom. The summed E-state index contributed by atoms with van der Waals surface area (Å²) >= 11 is 0. The van der Waals surface area contributed by atoms with Gasteiger partial charge in [-0.3, -0.25) is 0 Å². The van der Waals surface area contributed by atoms with E-state index in [0.717, 1.165) is 37.9 Å². The van der Waals surface area contributed by atoms with E-state index in [1.165, 1.54) is 17.5 Å². The third-order valence-electron chi connectivity index (χ3n) is 7.63. The highest BCUT2D eigenvalue weighted by atomic mass is 16.5. The largest absolute Gasteiger partial charge is 0.497 e. The van der Waals surface area contributed by atoms with Crippen LogP contribution in [0.25, 0.3) is 0 Å². The molecule has 0 aromatic heterocycles. The molecule has 24 heavy (non-hydrogen) atoms. The molecule has 3 aliphatic carbocycles. The summed E-state index contributed by atoms with van der Waals surface area (Å²) in [4.78, 5) is 0. The molecule has 2 nitrogen and oxygen atoms in total. The van der Waals surface area contributed by atoms with Crippen LogP contribution in [-0.4, -0.2) is 17.8 Å². The quantitative estimate of drug-likeness (QED) is 0.784. The van der Waals surface area contributed by atoms with Gasteiger partial charge < -0.3 is 9.84 Å². The Labute approximate surface area is 145 Å². The summed E-state index contributed by atoms with van der Waals surface area (Å²) in [6.45, 7) is 4.47. The molecule has 2 heteroatoms. The summed E-state index contributed by atoms with van der Waals surface area (Å²) in [5, 5.41) is 11.0. The molecule has 0 heterocycles. The van der Waals surface area contributed by atoms with Gasteiger partial charge in [0.25, 0.3) is 0 Å². The number of aliphatic hydroxyl groups is 1. The first kappa shape index (κ1) is 16.0. The summed E-state index contributed by atoms with van der Waals surface area (Å²) in [6.07, 6.45) is 12.1. The lowest BCUT2D eigenvalue weighted by atomic mass is 9.53. The standard InChI is InChI=1S/C22H28O2/c1-5-22(23)11-9-19-17-7-6-15-13-16(24-4)12-14(2)20(15)18(17)8-10-21(19,22)3/h1,12-13,17-19,23H,6-11H2,2-4H3/t17-,18+,19-,21+,22+/m1/s1. The predicted octanol–water partition coefficient (Wildman–Crippen LogP) is 4.22. The van der Waals surface area contributed by atoms with Crippen LogP contribution in [0.5, 0.6) is 5.75 Å². The number of rotatable bonds is 1. The molecule has 0 amide bonds. The first-order valence-electron chi connectivity index (χ1n) is 9.31. The Morgan fingerprint density at radius 3 is 2.75 bits per heavy atom. The van der Waals surface area contributed by atoms with Crippen molar-refractivity contribution in [2.45, 2.75) is 63.9 Å². The lowest BCUT2D eigenvalue weighted by Gasteiger charge is -2.52. The van der Waals surface area contributed by atoms with Gasteiger partial charge in [0.2, 0.25) is 0 Å². The Bertz CT molecular complexity index is 715. The second-order valence-electron chi connectivity index (χ2n) is 8.43. The Kier molecular flexibility index (Phi) is 3.52. The van der Waals surface area contributed by atoms with E-state index in [0.29, 0.717) is 17.8 Å². The minimum absolute atomic E-state index is 0.110. The Hall–Kier alpha value is -1.46. The number of fused-ring (bicyclic) bond motifs is 5. The van der Waals surface area contributed by atoms with Crippen molar-refractivity contribution >= 4 is 0 Å². The monoisotopic (exact) mass is 324 g/mol.